The van der Waals surface area contributed by atoms with Crippen molar-refractivity contribution in [3.05, 3.63) is 89.7 Å². The van der Waals surface area contributed by atoms with Crippen molar-refractivity contribution < 1.29 is 27.1 Å². The molecule has 1 heterocycles. The molecular formula is C32H35NO6S. The Kier molecular flexibility index (Phi) is 8.79. The minimum absolute atomic E-state index is 0.134. The number of benzene rings is 3. The van der Waals surface area contributed by atoms with Crippen LogP contribution in [0, 0.1) is 0 Å². The molecule has 0 atom stereocenters. The first-order valence-corrected chi connectivity index (χ1v) is 14.8. The van der Waals surface area contributed by atoms with E-state index in [0.717, 1.165) is 38.8 Å². The highest BCUT2D eigenvalue weighted by Gasteiger charge is 2.29. The maximum Gasteiger partial charge on any atom is 0.310 e. The van der Waals surface area contributed by atoms with Gasteiger partial charge in [-0.15, -0.1) is 0 Å². The fourth-order valence-electron chi connectivity index (χ4n) is 4.23. The van der Waals surface area contributed by atoms with Gasteiger partial charge in [-0.2, -0.15) is 4.40 Å². The first kappa shape index (κ1) is 29.1. The van der Waals surface area contributed by atoms with Gasteiger partial charge in [0.1, 0.15) is 17.9 Å². The molecule has 0 fully saturated rings. The molecule has 0 radical (unpaired) electrons. The summed E-state index contributed by atoms with van der Waals surface area (Å²) in [7, 11) is -3.69. The average Bonchev–Trinajstić information content (AvgIpc) is 3.39. The van der Waals surface area contributed by atoms with Crippen LogP contribution < -0.4 is 4.74 Å². The summed E-state index contributed by atoms with van der Waals surface area (Å²) in [6.45, 7) is 9.22. The third-order valence-corrected chi connectivity index (χ3v) is 8.47. The Morgan fingerprint density at radius 2 is 1.75 bits per heavy atom. The number of hydrogen-bond donors (Lipinski definition) is 0. The van der Waals surface area contributed by atoms with E-state index in [1.807, 2.05) is 73.7 Å². The summed E-state index contributed by atoms with van der Waals surface area (Å²) >= 11 is 0. The normalized spacial score (nSPS) is 12.5. The predicted octanol–water partition coefficient (Wildman–Crippen LogP) is 7.11. The smallest absolute Gasteiger partial charge is 0.310 e. The topological polar surface area (TPSA) is 95.2 Å². The molecule has 0 bridgehead atoms. The van der Waals surface area contributed by atoms with Gasteiger partial charge in [0, 0.05) is 16.5 Å². The van der Waals surface area contributed by atoms with Crippen molar-refractivity contribution in [1.29, 1.82) is 0 Å². The van der Waals surface area contributed by atoms with Gasteiger partial charge in [-0.3, -0.25) is 4.79 Å². The summed E-state index contributed by atoms with van der Waals surface area (Å²) in [4.78, 5) is 12.1. The summed E-state index contributed by atoms with van der Waals surface area (Å²) < 4.78 is 45.9. The van der Waals surface area contributed by atoms with Crippen LogP contribution in [0.2, 0.25) is 0 Å². The number of para-hydroxylation sites is 1. The van der Waals surface area contributed by atoms with Gasteiger partial charge in [0.05, 0.1) is 29.7 Å². The zero-order chi connectivity index (χ0) is 28.9. The maximum absolute atomic E-state index is 12.8. The van der Waals surface area contributed by atoms with E-state index in [2.05, 4.69) is 4.40 Å². The van der Waals surface area contributed by atoms with Crippen LogP contribution >= 0.6 is 0 Å². The van der Waals surface area contributed by atoms with E-state index in [-0.39, 0.29) is 19.0 Å². The molecule has 4 aromatic rings. The Labute approximate surface area is 235 Å². The van der Waals surface area contributed by atoms with E-state index < -0.39 is 14.8 Å². The molecule has 0 aliphatic carbocycles. The number of furan rings is 1. The quantitative estimate of drug-likeness (QED) is 0.151. The monoisotopic (exact) mass is 561 g/mol. The summed E-state index contributed by atoms with van der Waals surface area (Å²) in [5.74, 6) is 0.320. The fraction of sp³-hybridized carbons (Fsp3) is 0.312. The number of rotatable bonds is 10. The van der Waals surface area contributed by atoms with E-state index in [0.29, 0.717) is 24.5 Å². The molecule has 7 nitrogen and oxygen atoms in total. The lowest BCUT2D eigenvalue weighted by molar-refractivity contribution is -0.142. The Balaban J connectivity index is 1.67. The molecule has 0 N–H and O–H groups in total. The van der Waals surface area contributed by atoms with E-state index >= 15 is 0 Å². The van der Waals surface area contributed by atoms with Gasteiger partial charge in [-0.1, -0.05) is 43.3 Å². The van der Waals surface area contributed by atoms with Crippen LogP contribution in [0.4, 0.5) is 0 Å². The number of carbonyl (C=O) groups is 1. The standard InChI is InChI=1S/C32H35NO6S/c1-6-28(33-40(35,36)32(3,4)5)24-13-10-12-23(19-24)27-18-22(17-26-15-16-38-31(26)27)21-39-29-14-9-8-11-25(29)20-30(34)37-7-2/h8-19H,6-7,20-21H2,1-5H3. The molecule has 0 aliphatic rings. The van der Waals surface area contributed by atoms with Crippen molar-refractivity contribution >= 4 is 32.7 Å². The molecule has 8 heteroatoms. The highest BCUT2D eigenvalue weighted by Crippen LogP contribution is 2.33. The van der Waals surface area contributed by atoms with Gasteiger partial charge in [0.2, 0.25) is 0 Å². The van der Waals surface area contributed by atoms with Crippen molar-refractivity contribution in [3.8, 4) is 16.9 Å². The van der Waals surface area contributed by atoms with Crippen molar-refractivity contribution in [2.75, 3.05) is 6.61 Å². The molecule has 40 heavy (non-hydrogen) atoms. The average molecular weight is 562 g/mol. The number of fused-ring (bicyclic) bond motifs is 1. The van der Waals surface area contributed by atoms with Crippen LogP contribution in [-0.2, 0) is 32.6 Å². The van der Waals surface area contributed by atoms with Crippen LogP contribution in [0.15, 0.2) is 81.8 Å². The third-order valence-electron chi connectivity index (χ3n) is 6.46. The number of hydrogen-bond acceptors (Lipinski definition) is 6. The number of nitrogens with zero attached hydrogens (tertiary/aromatic N) is 1. The zero-order valence-electron chi connectivity index (χ0n) is 23.6. The van der Waals surface area contributed by atoms with E-state index in [1.54, 1.807) is 34.0 Å². The second kappa shape index (κ2) is 12.1. The van der Waals surface area contributed by atoms with Gasteiger partial charge < -0.3 is 13.9 Å². The molecule has 0 aliphatic heterocycles. The van der Waals surface area contributed by atoms with E-state index in [9.17, 15) is 13.2 Å². The van der Waals surface area contributed by atoms with Crippen molar-refractivity contribution in [2.45, 2.75) is 58.8 Å². The second-order valence-electron chi connectivity index (χ2n) is 10.4. The van der Waals surface area contributed by atoms with Crippen LogP contribution in [0.5, 0.6) is 5.75 Å². The lowest BCUT2D eigenvalue weighted by Crippen LogP contribution is -2.27. The Bertz CT molecular complexity index is 1640. The number of esters is 1. The largest absolute Gasteiger partial charge is 0.489 e. The number of ether oxygens (including phenoxy) is 2. The van der Waals surface area contributed by atoms with Gasteiger partial charge >= 0.3 is 5.97 Å². The third kappa shape index (κ3) is 6.62. The van der Waals surface area contributed by atoms with Gasteiger partial charge in [0.15, 0.2) is 0 Å². The molecule has 1 aromatic heterocycles. The van der Waals surface area contributed by atoms with Gasteiger partial charge in [-0.25, -0.2) is 8.42 Å². The highest BCUT2D eigenvalue weighted by molar-refractivity contribution is 7.91. The van der Waals surface area contributed by atoms with Crippen molar-refractivity contribution in [1.82, 2.24) is 0 Å². The van der Waals surface area contributed by atoms with Crippen LogP contribution in [0.25, 0.3) is 22.1 Å². The molecule has 0 saturated heterocycles. The minimum Gasteiger partial charge on any atom is -0.489 e. The lowest BCUT2D eigenvalue weighted by atomic mass is 9.97. The highest BCUT2D eigenvalue weighted by atomic mass is 32.2. The van der Waals surface area contributed by atoms with Crippen LogP contribution in [0.3, 0.4) is 0 Å². The predicted molar refractivity (Wildman–Crippen MR) is 158 cm³/mol. The fourth-order valence-corrected chi connectivity index (χ4v) is 5.03. The Hall–Kier alpha value is -3.91. The van der Waals surface area contributed by atoms with E-state index in [1.165, 1.54) is 0 Å². The molecular weight excluding hydrogens is 526 g/mol. The van der Waals surface area contributed by atoms with Crippen molar-refractivity contribution in [3.63, 3.8) is 0 Å². The summed E-state index contributed by atoms with van der Waals surface area (Å²) in [5.41, 5.74) is 5.37. The molecule has 210 valence electrons. The number of carbonyl (C=O) groups excluding carboxylic acids is 1. The Morgan fingerprint density at radius 1 is 0.975 bits per heavy atom. The van der Waals surface area contributed by atoms with Crippen LogP contribution in [-0.4, -0.2) is 31.5 Å². The lowest BCUT2D eigenvalue weighted by Gasteiger charge is -2.17. The second-order valence-corrected chi connectivity index (χ2v) is 12.8. The molecule has 0 spiro atoms. The van der Waals surface area contributed by atoms with Gasteiger partial charge in [0.25, 0.3) is 10.0 Å². The summed E-state index contributed by atoms with van der Waals surface area (Å²) in [5, 5.41) is 0.918. The molecule has 0 unspecified atom stereocenters. The number of sulfonamides is 1. The van der Waals surface area contributed by atoms with E-state index in [4.69, 9.17) is 13.9 Å². The maximum atomic E-state index is 12.8. The molecule has 4 rings (SSSR count). The molecule has 3 aromatic carbocycles. The minimum atomic E-state index is -3.69. The summed E-state index contributed by atoms with van der Waals surface area (Å²) in [6.07, 6.45) is 2.25. The van der Waals surface area contributed by atoms with Gasteiger partial charge in [-0.05, 0) is 81.1 Å². The Morgan fingerprint density at radius 3 is 2.48 bits per heavy atom. The van der Waals surface area contributed by atoms with Crippen LogP contribution in [0.1, 0.15) is 57.7 Å². The molecule has 0 amide bonds. The zero-order valence-corrected chi connectivity index (χ0v) is 24.4. The SMILES string of the molecule is CCOC(=O)Cc1ccccc1OCc1cc(-c2cccc(C(CC)=NS(=O)(=O)C(C)(C)C)c2)c2occc2c1. The first-order chi connectivity index (χ1) is 19.0. The first-order valence-electron chi connectivity index (χ1n) is 13.3. The van der Waals surface area contributed by atoms with Crippen molar-refractivity contribution in [2.24, 2.45) is 4.40 Å². The molecule has 0 saturated carbocycles. The summed E-state index contributed by atoms with van der Waals surface area (Å²) in [6, 6.07) is 21.0.